The number of hydrogen-bond acceptors (Lipinski definition) is 1. The number of rotatable bonds is 2. The lowest BCUT2D eigenvalue weighted by atomic mass is 10.2. The van der Waals surface area contributed by atoms with Crippen LogP contribution >= 0.6 is 11.6 Å². The van der Waals surface area contributed by atoms with Crippen LogP contribution in [0.5, 0.6) is 0 Å². The lowest BCUT2D eigenvalue weighted by Gasteiger charge is -2.03. The maximum atomic E-state index is 12.2. The van der Waals surface area contributed by atoms with Gasteiger partial charge in [0.25, 0.3) is 0 Å². The molecule has 0 aliphatic carbocycles. The Labute approximate surface area is 110 Å². The molecule has 0 aliphatic rings. The summed E-state index contributed by atoms with van der Waals surface area (Å²) in [5.41, 5.74) is 1.91. The predicted octanol–water partition coefficient (Wildman–Crippen LogP) is 4.06. The minimum absolute atomic E-state index is 0.0439. The summed E-state index contributed by atoms with van der Waals surface area (Å²) in [4.78, 5) is 12.2. The molecule has 2 nitrogen and oxygen atoms in total. The Hall–Kier alpha value is -1.80. The monoisotopic (exact) mass is 257 g/mol. The zero-order valence-electron chi connectivity index (χ0n) is 9.77. The SMILES string of the molecule is O=C(CCCl)n1c2ccccc2c2ccccc21. The van der Waals surface area contributed by atoms with E-state index in [2.05, 4.69) is 0 Å². The van der Waals surface area contributed by atoms with Gasteiger partial charge in [0.05, 0.1) is 11.0 Å². The number of halogens is 1. The van der Waals surface area contributed by atoms with Crippen LogP contribution in [0.25, 0.3) is 21.8 Å². The normalized spacial score (nSPS) is 11.2. The molecule has 0 fully saturated rings. The van der Waals surface area contributed by atoms with Crippen molar-refractivity contribution in [1.29, 1.82) is 0 Å². The van der Waals surface area contributed by atoms with E-state index < -0.39 is 0 Å². The third kappa shape index (κ3) is 1.61. The third-order valence-electron chi connectivity index (χ3n) is 3.14. The van der Waals surface area contributed by atoms with Crippen LogP contribution in [0.1, 0.15) is 11.2 Å². The highest BCUT2D eigenvalue weighted by molar-refractivity contribution is 6.20. The molecule has 0 unspecified atom stereocenters. The molecule has 18 heavy (non-hydrogen) atoms. The molecule has 0 bridgehead atoms. The van der Waals surface area contributed by atoms with E-state index in [1.165, 1.54) is 0 Å². The van der Waals surface area contributed by atoms with E-state index in [1.54, 1.807) is 4.57 Å². The number of hydrogen-bond donors (Lipinski definition) is 0. The number of carbonyl (C=O) groups is 1. The Morgan fingerprint density at radius 2 is 1.44 bits per heavy atom. The van der Waals surface area contributed by atoms with Crippen molar-refractivity contribution in [2.24, 2.45) is 0 Å². The Kier molecular flexibility index (Phi) is 2.80. The minimum atomic E-state index is 0.0439. The lowest BCUT2D eigenvalue weighted by molar-refractivity contribution is 0.0920. The Bertz CT molecular complexity index is 676. The molecule has 2 aromatic carbocycles. The number of alkyl halides is 1. The van der Waals surface area contributed by atoms with Crippen molar-refractivity contribution < 1.29 is 4.79 Å². The largest absolute Gasteiger partial charge is 0.280 e. The fourth-order valence-corrected chi connectivity index (χ4v) is 2.55. The van der Waals surface area contributed by atoms with E-state index in [0.29, 0.717) is 12.3 Å². The molecule has 0 radical (unpaired) electrons. The minimum Gasteiger partial charge on any atom is -0.280 e. The van der Waals surface area contributed by atoms with Crippen LogP contribution in [-0.2, 0) is 0 Å². The van der Waals surface area contributed by atoms with Crippen LogP contribution in [0.3, 0.4) is 0 Å². The summed E-state index contributed by atoms with van der Waals surface area (Å²) in [7, 11) is 0. The molecule has 0 saturated heterocycles. The number of para-hydroxylation sites is 2. The second kappa shape index (κ2) is 4.46. The summed E-state index contributed by atoms with van der Waals surface area (Å²) in [5.74, 6) is 0.391. The van der Waals surface area contributed by atoms with Crippen molar-refractivity contribution in [2.45, 2.75) is 6.42 Å². The summed E-state index contributed by atoms with van der Waals surface area (Å²) < 4.78 is 1.77. The van der Waals surface area contributed by atoms with Crippen LogP contribution in [0.2, 0.25) is 0 Å². The first-order valence-corrected chi connectivity index (χ1v) is 6.43. The quantitative estimate of drug-likeness (QED) is 0.635. The van der Waals surface area contributed by atoms with Crippen molar-refractivity contribution >= 4 is 39.3 Å². The molecule has 0 saturated carbocycles. The van der Waals surface area contributed by atoms with Gasteiger partial charge in [-0.25, -0.2) is 0 Å². The summed E-state index contributed by atoms with van der Waals surface area (Å²) in [6.45, 7) is 0. The first kappa shape index (κ1) is 11.3. The van der Waals surface area contributed by atoms with Gasteiger partial charge in [-0.05, 0) is 12.1 Å². The molecule has 0 N–H and O–H groups in total. The van der Waals surface area contributed by atoms with Crippen molar-refractivity contribution in [3.05, 3.63) is 48.5 Å². The maximum absolute atomic E-state index is 12.2. The Morgan fingerprint density at radius 1 is 0.944 bits per heavy atom. The highest BCUT2D eigenvalue weighted by Crippen LogP contribution is 2.28. The van der Waals surface area contributed by atoms with Crippen LogP contribution in [0.15, 0.2) is 48.5 Å². The second-order valence-corrected chi connectivity index (χ2v) is 4.58. The summed E-state index contributed by atoms with van der Waals surface area (Å²) >= 11 is 5.68. The van der Waals surface area contributed by atoms with E-state index in [-0.39, 0.29) is 5.91 Å². The zero-order valence-corrected chi connectivity index (χ0v) is 10.5. The summed E-state index contributed by atoms with van der Waals surface area (Å²) in [6, 6.07) is 15.9. The topological polar surface area (TPSA) is 22.0 Å². The van der Waals surface area contributed by atoms with Gasteiger partial charge in [-0.15, -0.1) is 11.6 Å². The smallest absolute Gasteiger partial charge is 0.232 e. The molecule has 3 aromatic rings. The van der Waals surface area contributed by atoms with Gasteiger partial charge in [-0.1, -0.05) is 36.4 Å². The Morgan fingerprint density at radius 3 is 1.94 bits per heavy atom. The standard InChI is InChI=1S/C15H12ClNO/c16-10-9-15(18)17-13-7-3-1-5-11(13)12-6-2-4-8-14(12)17/h1-8H,9-10H2. The number of carbonyl (C=O) groups excluding carboxylic acids is 1. The molecule has 3 heteroatoms. The van der Waals surface area contributed by atoms with E-state index in [4.69, 9.17) is 11.6 Å². The van der Waals surface area contributed by atoms with Gasteiger partial charge in [-0.2, -0.15) is 0 Å². The first-order chi connectivity index (χ1) is 8.83. The lowest BCUT2D eigenvalue weighted by Crippen LogP contribution is -2.10. The van der Waals surface area contributed by atoms with Crippen molar-refractivity contribution in [1.82, 2.24) is 4.57 Å². The molecule has 1 heterocycles. The van der Waals surface area contributed by atoms with E-state index >= 15 is 0 Å². The molecule has 90 valence electrons. The van der Waals surface area contributed by atoms with Gasteiger partial charge < -0.3 is 0 Å². The van der Waals surface area contributed by atoms with Crippen LogP contribution in [0.4, 0.5) is 0 Å². The number of nitrogens with zero attached hydrogens (tertiary/aromatic N) is 1. The number of benzene rings is 2. The molecular weight excluding hydrogens is 246 g/mol. The molecule has 0 atom stereocenters. The van der Waals surface area contributed by atoms with Gasteiger partial charge in [-0.3, -0.25) is 9.36 Å². The number of fused-ring (bicyclic) bond motifs is 3. The molecule has 0 aliphatic heterocycles. The van der Waals surface area contributed by atoms with Gasteiger partial charge >= 0.3 is 0 Å². The fourth-order valence-electron chi connectivity index (χ4n) is 2.38. The highest BCUT2D eigenvalue weighted by atomic mass is 35.5. The van der Waals surface area contributed by atoms with Crippen LogP contribution < -0.4 is 0 Å². The molecular formula is C15H12ClNO. The second-order valence-electron chi connectivity index (χ2n) is 4.20. The summed E-state index contributed by atoms with van der Waals surface area (Å²) in [6.07, 6.45) is 0.351. The van der Waals surface area contributed by atoms with Crippen LogP contribution in [-0.4, -0.2) is 16.4 Å². The summed E-state index contributed by atoms with van der Waals surface area (Å²) in [5, 5.41) is 2.21. The number of aromatic nitrogens is 1. The molecule has 1 aromatic heterocycles. The van der Waals surface area contributed by atoms with Crippen molar-refractivity contribution in [2.75, 3.05) is 5.88 Å². The van der Waals surface area contributed by atoms with Crippen LogP contribution in [0, 0.1) is 0 Å². The van der Waals surface area contributed by atoms with E-state index in [1.807, 2.05) is 48.5 Å². The van der Waals surface area contributed by atoms with Gasteiger partial charge in [0.2, 0.25) is 5.91 Å². The maximum Gasteiger partial charge on any atom is 0.232 e. The van der Waals surface area contributed by atoms with Crippen molar-refractivity contribution in [3.63, 3.8) is 0 Å². The predicted molar refractivity (Wildman–Crippen MR) is 75.4 cm³/mol. The zero-order chi connectivity index (χ0) is 12.5. The first-order valence-electron chi connectivity index (χ1n) is 5.90. The molecule has 3 rings (SSSR count). The Balaban J connectivity index is 2.41. The fraction of sp³-hybridized carbons (Fsp3) is 0.133. The highest BCUT2D eigenvalue weighted by Gasteiger charge is 2.14. The van der Waals surface area contributed by atoms with Gasteiger partial charge in [0, 0.05) is 23.1 Å². The van der Waals surface area contributed by atoms with E-state index in [0.717, 1.165) is 21.8 Å². The average Bonchev–Trinajstić information content (AvgIpc) is 2.73. The molecule has 0 amide bonds. The van der Waals surface area contributed by atoms with Gasteiger partial charge in [0.15, 0.2) is 0 Å². The average molecular weight is 258 g/mol. The third-order valence-corrected chi connectivity index (χ3v) is 3.33. The van der Waals surface area contributed by atoms with Gasteiger partial charge in [0.1, 0.15) is 0 Å². The van der Waals surface area contributed by atoms with E-state index in [9.17, 15) is 4.79 Å². The molecule has 0 spiro atoms. The van der Waals surface area contributed by atoms with Crippen molar-refractivity contribution in [3.8, 4) is 0 Å².